The summed E-state index contributed by atoms with van der Waals surface area (Å²) >= 11 is 0. The van der Waals surface area contributed by atoms with Crippen molar-refractivity contribution in [1.29, 1.82) is 0 Å². The van der Waals surface area contributed by atoms with E-state index >= 15 is 4.39 Å². The molecule has 0 spiro atoms. The minimum atomic E-state index is -4.31. The van der Waals surface area contributed by atoms with Crippen molar-refractivity contribution in [3.05, 3.63) is 126 Å². The van der Waals surface area contributed by atoms with Crippen molar-refractivity contribution in [2.75, 3.05) is 18.0 Å². The van der Waals surface area contributed by atoms with Gasteiger partial charge in [0.15, 0.2) is 0 Å². The highest BCUT2D eigenvalue weighted by molar-refractivity contribution is 7.92. The summed E-state index contributed by atoms with van der Waals surface area (Å²) in [5, 5.41) is 2.97. The topological polar surface area (TPSA) is 96.0 Å². The van der Waals surface area contributed by atoms with E-state index < -0.39 is 40.2 Å². The number of anilines is 1. The number of aryl methyl sites for hydroxylation is 1. The van der Waals surface area contributed by atoms with Crippen LogP contribution in [0.15, 0.2) is 108 Å². The summed E-state index contributed by atoms with van der Waals surface area (Å²) in [5.41, 5.74) is 1.99. The Bertz CT molecular complexity index is 1730. The van der Waals surface area contributed by atoms with Crippen LogP contribution in [0.2, 0.25) is 0 Å². The number of carbonyl (C=O) groups is 2. The van der Waals surface area contributed by atoms with Crippen molar-refractivity contribution in [3.8, 4) is 5.75 Å². The number of amides is 2. The predicted molar refractivity (Wildman–Crippen MR) is 177 cm³/mol. The van der Waals surface area contributed by atoms with Gasteiger partial charge >= 0.3 is 0 Å². The molecular weight excluding hydrogens is 605 g/mol. The second kappa shape index (κ2) is 15.5. The summed E-state index contributed by atoms with van der Waals surface area (Å²) in [4.78, 5) is 29.7. The smallest absolute Gasteiger partial charge is 0.264 e. The van der Waals surface area contributed by atoms with E-state index in [1.807, 2.05) is 51.1 Å². The third kappa shape index (κ3) is 8.31. The fourth-order valence-corrected chi connectivity index (χ4v) is 6.42. The van der Waals surface area contributed by atoms with Crippen molar-refractivity contribution in [2.45, 2.75) is 57.1 Å². The summed E-state index contributed by atoms with van der Waals surface area (Å²) < 4.78 is 50.0. The van der Waals surface area contributed by atoms with Crippen LogP contribution in [0.1, 0.15) is 37.0 Å². The van der Waals surface area contributed by atoms with E-state index in [2.05, 4.69) is 5.32 Å². The first-order valence-corrected chi connectivity index (χ1v) is 16.6. The molecule has 2 atom stereocenters. The van der Waals surface area contributed by atoms with Crippen LogP contribution in [0, 0.1) is 12.7 Å². The van der Waals surface area contributed by atoms with Crippen LogP contribution >= 0.6 is 0 Å². The number of halogens is 1. The van der Waals surface area contributed by atoms with Gasteiger partial charge in [0, 0.05) is 24.6 Å². The normalized spacial score (nSPS) is 12.5. The summed E-state index contributed by atoms with van der Waals surface area (Å²) in [7, 11) is -2.90. The molecule has 0 saturated heterocycles. The molecule has 0 aliphatic rings. The number of hydrogen-bond acceptors (Lipinski definition) is 5. The van der Waals surface area contributed by atoms with Crippen LogP contribution < -0.4 is 14.4 Å². The minimum Gasteiger partial charge on any atom is -0.495 e. The first kappa shape index (κ1) is 34.2. The monoisotopic (exact) mass is 645 g/mol. The first-order chi connectivity index (χ1) is 22.0. The van der Waals surface area contributed by atoms with Crippen LogP contribution in [-0.4, -0.2) is 50.9 Å². The Kier molecular flexibility index (Phi) is 11.5. The molecule has 0 aliphatic heterocycles. The standard InChI is InChI=1S/C36H40FN3O5S/c1-5-27(3)38-36(42)33(23-28-13-7-6-8-14-28)39(24-29-15-9-10-16-31(29)37)35(41)25-40(32-17-11-12-18-34(32)45-4)46(43,44)30-21-19-26(2)20-22-30/h6-22,27,33H,5,23-25H2,1-4H3,(H,38,42)/t27-,33+/m0/s1. The van der Waals surface area contributed by atoms with E-state index in [4.69, 9.17) is 4.74 Å². The van der Waals surface area contributed by atoms with Crippen LogP contribution in [0.3, 0.4) is 0 Å². The van der Waals surface area contributed by atoms with Gasteiger partial charge in [-0.25, -0.2) is 12.8 Å². The molecule has 0 bridgehead atoms. The number of ether oxygens (including phenoxy) is 1. The molecule has 46 heavy (non-hydrogen) atoms. The van der Waals surface area contributed by atoms with Gasteiger partial charge in [0.05, 0.1) is 17.7 Å². The minimum absolute atomic E-state index is 0.0205. The number of sulfonamides is 1. The number of nitrogens with zero attached hydrogens (tertiary/aromatic N) is 2. The highest BCUT2D eigenvalue weighted by Crippen LogP contribution is 2.33. The Morgan fingerprint density at radius 3 is 2.17 bits per heavy atom. The quantitative estimate of drug-likeness (QED) is 0.185. The number of para-hydroxylation sites is 2. The number of nitrogens with one attached hydrogen (secondary N) is 1. The average Bonchev–Trinajstić information content (AvgIpc) is 3.06. The molecular formula is C36H40FN3O5S. The molecule has 0 aliphatic carbocycles. The number of rotatable bonds is 14. The molecule has 0 aromatic heterocycles. The summed E-state index contributed by atoms with van der Waals surface area (Å²) in [5.74, 6) is -1.42. The fourth-order valence-electron chi connectivity index (χ4n) is 4.99. The zero-order valence-corrected chi connectivity index (χ0v) is 27.3. The van der Waals surface area contributed by atoms with Crippen molar-refractivity contribution in [3.63, 3.8) is 0 Å². The second-order valence-electron chi connectivity index (χ2n) is 11.1. The van der Waals surface area contributed by atoms with E-state index in [0.717, 1.165) is 15.4 Å². The van der Waals surface area contributed by atoms with Crippen LogP contribution in [0.25, 0.3) is 0 Å². The van der Waals surface area contributed by atoms with Gasteiger partial charge < -0.3 is 15.0 Å². The molecule has 0 unspecified atom stereocenters. The summed E-state index contributed by atoms with van der Waals surface area (Å²) in [6.45, 7) is 4.70. The number of hydrogen-bond donors (Lipinski definition) is 1. The molecule has 2 amide bonds. The van der Waals surface area contributed by atoms with Gasteiger partial charge in [0.2, 0.25) is 11.8 Å². The van der Waals surface area contributed by atoms with Gasteiger partial charge in [-0.05, 0) is 56.2 Å². The molecule has 0 radical (unpaired) electrons. The highest BCUT2D eigenvalue weighted by Gasteiger charge is 2.36. The lowest BCUT2D eigenvalue weighted by atomic mass is 10.0. The molecule has 1 N–H and O–H groups in total. The zero-order chi connectivity index (χ0) is 33.3. The molecule has 4 aromatic carbocycles. The molecule has 4 rings (SSSR count). The second-order valence-corrected chi connectivity index (χ2v) is 13.0. The number of benzene rings is 4. The average molecular weight is 646 g/mol. The molecule has 10 heteroatoms. The third-order valence-electron chi connectivity index (χ3n) is 7.81. The van der Waals surface area contributed by atoms with Crippen LogP contribution in [0.4, 0.5) is 10.1 Å². The lowest BCUT2D eigenvalue weighted by molar-refractivity contribution is -0.140. The van der Waals surface area contributed by atoms with E-state index in [1.165, 1.54) is 30.2 Å². The van der Waals surface area contributed by atoms with Crippen molar-refractivity contribution < 1.29 is 27.1 Å². The largest absolute Gasteiger partial charge is 0.495 e. The van der Waals surface area contributed by atoms with E-state index in [0.29, 0.717) is 6.42 Å². The number of methoxy groups -OCH3 is 1. The molecule has 4 aromatic rings. The zero-order valence-electron chi connectivity index (χ0n) is 26.5. The van der Waals surface area contributed by atoms with Gasteiger partial charge in [0.1, 0.15) is 24.2 Å². The van der Waals surface area contributed by atoms with Gasteiger partial charge in [-0.15, -0.1) is 0 Å². The van der Waals surface area contributed by atoms with Crippen LogP contribution in [-0.2, 0) is 32.6 Å². The van der Waals surface area contributed by atoms with E-state index in [9.17, 15) is 18.0 Å². The molecule has 8 nitrogen and oxygen atoms in total. The Balaban J connectivity index is 1.84. The van der Waals surface area contributed by atoms with Crippen molar-refractivity contribution in [1.82, 2.24) is 10.2 Å². The molecule has 242 valence electrons. The Morgan fingerprint density at radius 2 is 1.52 bits per heavy atom. The Hall–Kier alpha value is -4.70. The maximum Gasteiger partial charge on any atom is 0.264 e. The Morgan fingerprint density at radius 1 is 0.891 bits per heavy atom. The predicted octanol–water partition coefficient (Wildman–Crippen LogP) is 5.89. The van der Waals surface area contributed by atoms with Crippen molar-refractivity contribution in [2.24, 2.45) is 0 Å². The maximum absolute atomic E-state index is 15.1. The highest BCUT2D eigenvalue weighted by atomic mass is 32.2. The molecule has 0 saturated carbocycles. The fraction of sp³-hybridized carbons (Fsp3) is 0.278. The van der Waals surface area contributed by atoms with Gasteiger partial charge in [-0.1, -0.05) is 85.3 Å². The van der Waals surface area contributed by atoms with E-state index in [-0.39, 0.29) is 40.9 Å². The van der Waals surface area contributed by atoms with Gasteiger partial charge in [0.25, 0.3) is 10.0 Å². The SMILES string of the molecule is CC[C@H](C)NC(=O)[C@@H](Cc1ccccc1)N(Cc1ccccc1F)C(=O)CN(c1ccccc1OC)S(=O)(=O)c1ccc(C)cc1. The Labute approximate surface area is 270 Å². The third-order valence-corrected chi connectivity index (χ3v) is 9.59. The lowest BCUT2D eigenvalue weighted by Crippen LogP contribution is -2.54. The molecule has 0 heterocycles. The van der Waals surface area contributed by atoms with Gasteiger partial charge in [-0.3, -0.25) is 13.9 Å². The summed E-state index contributed by atoms with van der Waals surface area (Å²) in [6.07, 6.45) is 0.782. The molecule has 0 fully saturated rings. The van der Waals surface area contributed by atoms with Gasteiger partial charge in [-0.2, -0.15) is 0 Å². The van der Waals surface area contributed by atoms with E-state index in [1.54, 1.807) is 54.6 Å². The number of carbonyl (C=O) groups excluding carboxylic acids is 2. The van der Waals surface area contributed by atoms with Crippen LogP contribution in [0.5, 0.6) is 5.75 Å². The van der Waals surface area contributed by atoms with Crippen molar-refractivity contribution >= 4 is 27.5 Å². The lowest BCUT2D eigenvalue weighted by Gasteiger charge is -2.34. The maximum atomic E-state index is 15.1. The summed E-state index contributed by atoms with van der Waals surface area (Å²) in [6, 6.07) is 26.8. The first-order valence-electron chi connectivity index (χ1n) is 15.1.